The maximum atomic E-state index is 9.64. The van der Waals surface area contributed by atoms with Gasteiger partial charge in [0, 0.05) is 36.3 Å². The van der Waals surface area contributed by atoms with Crippen LogP contribution in [-0.2, 0) is 19.6 Å². The third-order valence-corrected chi connectivity index (χ3v) is 5.92. The Bertz CT molecular complexity index is 1140. The van der Waals surface area contributed by atoms with Crippen LogP contribution in [0.1, 0.15) is 27.1 Å². The summed E-state index contributed by atoms with van der Waals surface area (Å²) in [6.07, 6.45) is 1.94. The Balaban J connectivity index is 1.64. The van der Waals surface area contributed by atoms with E-state index in [4.69, 9.17) is 0 Å². The van der Waals surface area contributed by atoms with Crippen molar-refractivity contribution < 1.29 is 0 Å². The summed E-state index contributed by atoms with van der Waals surface area (Å²) in [5, 5.41) is 9.64. The van der Waals surface area contributed by atoms with Crippen molar-refractivity contribution in [2.24, 2.45) is 0 Å². The molecule has 0 aliphatic carbocycles. The standard InChI is InChI=1S/C26H23N3S/c1-20-7-5-6-10-25(20)26-13-22(11-12-23(26)14-27)17-29(18-24-15-28-19-30-24)16-21-8-3-2-4-9-21/h2-13,15,19H,16-18H2,1H3. The number of hydrogen-bond acceptors (Lipinski definition) is 4. The van der Waals surface area contributed by atoms with Crippen molar-refractivity contribution in [2.75, 3.05) is 0 Å². The molecule has 3 nitrogen and oxygen atoms in total. The average Bonchev–Trinajstić information content (AvgIpc) is 3.28. The zero-order chi connectivity index (χ0) is 20.8. The topological polar surface area (TPSA) is 39.9 Å². The van der Waals surface area contributed by atoms with E-state index in [-0.39, 0.29) is 0 Å². The lowest BCUT2D eigenvalue weighted by atomic mass is 9.94. The van der Waals surface area contributed by atoms with Crippen LogP contribution >= 0.6 is 11.3 Å². The first-order valence-corrected chi connectivity index (χ1v) is 10.8. The minimum absolute atomic E-state index is 0.713. The number of aryl methyl sites for hydroxylation is 1. The van der Waals surface area contributed by atoms with Gasteiger partial charge in [0.2, 0.25) is 0 Å². The summed E-state index contributed by atoms with van der Waals surface area (Å²) in [7, 11) is 0. The zero-order valence-corrected chi connectivity index (χ0v) is 17.8. The van der Waals surface area contributed by atoms with Crippen LogP contribution < -0.4 is 0 Å². The van der Waals surface area contributed by atoms with Gasteiger partial charge >= 0.3 is 0 Å². The van der Waals surface area contributed by atoms with Crippen LogP contribution in [0.15, 0.2) is 84.5 Å². The van der Waals surface area contributed by atoms with Gasteiger partial charge in [-0.3, -0.25) is 9.88 Å². The summed E-state index contributed by atoms with van der Waals surface area (Å²) >= 11 is 1.68. The molecule has 0 saturated carbocycles. The second kappa shape index (κ2) is 9.49. The molecule has 1 heterocycles. The number of rotatable bonds is 7. The van der Waals surface area contributed by atoms with Crippen LogP contribution in [0.25, 0.3) is 11.1 Å². The van der Waals surface area contributed by atoms with Crippen LogP contribution in [0, 0.1) is 18.3 Å². The molecule has 0 unspecified atom stereocenters. The SMILES string of the molecule is Cc1ccccc1-c1cc(CN(Cc2ccccc2)Cc2cncs2)ccc1C#N. The Kier molecular flexibility index (Phi) is 6.34. The van der Waals surface area contributed by atoms with E-state index in [1.807, 2.05) is 36.0 Å². The van der Waals surface area contributed by atoms with Crippen molar-refractivity contribution in [1.82, 2.24) is 9.88 Å². The molecule has 0 aliphatic heterocycles. The van der Waals surface area contributed by atoms with Crippen LogP contribution in [0.3, 0.4) is 0 Å². The monoisotopic (exact) mass is 409 g/mol. The summed E-state index contributed by atoms with van der Waals surface area (Å²) in [5.41, 5.74) is 8.39. The van der Waals surface area contributed by atoms with E-state index in [1.165, 1.54) is 21.6 Å². The third kappa shape index (κ3) is 4.83. The van der Waals surface area contributed by atoms with E-state index in [0.29, 0.717) is 5.56 Å². The summed E-state index contributed by atoms with van der Waals surface area (Å²) < 4.78 is 0. The van der Waals surface area contributed by atoms with Gasteiger partial charge in [-0.25, -0.2) is 0 Å². The first-order valence-electron chi connectivity index (χ1n) is 9.95. The van der Waals surface area contributed by atoms with Gasteiger partial charge in [-0.1, -0.05) is 60.7 Å². The molecule has 4 heteroatoms. The van der Waals surface area contributed by atoms with Crippen molar-refractivity contribution in [3.8, 4) is 17.2 Å². The maximum Gasteiger partial charge on any atom is 0.0998 e. The molecule has 148 valence electrons. The van der Waals surface area contributed by atoms with Crippen LogP contribution in [0.2, 0.25) is 0 Å². The summed E-state index contributed by atoms with van der Waals surface area (Å²) in [4.78, 5) is 7.90. The lowest BCUT2D eigenvalue weighted by molar-refractivity contribution is 0.250. The molecule has 30 heavy (non-hydrogen) atoms. The van der Waals surface area contributed by atoms with Crippen molar-refractivity contribution >= 4 is 11.3 Å². The molecule has 0 radical (unpaired) electrons. The highest BCUT2D eigenvalue weighted by molar-refractivity contribution is 7.09. The van der Waals surface area contributed by atoms with Gasteiger partial charge in [-0.2, -0.15) is 5.26 Å². The van der Waals surface area contributed by atoms with Crippen LogP contribution in [-0.4, -0.2) is 9.88 Å². The molecule has 4 rings (SSSR count). The second-order valence-corrected chi connectivity index (χ2v) is 8.38. The zero-order valence-electron chi connectivity index (χ0n) is 17.0. The minimum atomic E-state index is 0.713. The fourth-order valence-electron chi connectivity index (χ4n) is 3.69. The molecule has 4 aromatic rings. The highest BCUT2D eigenvalue weighted by atomic mass is 32.1. The summed E-state index contributed by atoms with van der Waals surface area (Å²) in [5.74, 6) is 0. The number of thiazole rings is 1. The van der Waals surface area contributed by atoms with E-state index in [1.54, 1.807) is 11.3 Å². The predicted molar refractivity (Wildman–Crippen MR) is 123 cm³/mol. The van der Waals surface area contributed by atoms with Crippen molar-refractivity contribution in [1.29, 1.82) is 5.26 Å². The Morgan fingerprint density at radius 2 is 1.63 bits per heavy atom. The Morgan fingerprint density at radius 3 is 2.37 bits per heavy atom. The van der Waals surface area contributed by atoms with E-state index in [0.717, 1.165) is 30.8 Å². The quantitative estimate of drug-likeness (QED) is 0.365. The molecule has 0 N–H and O–H groups in total. The summed E-state index contributed by atoms with van der Waals surface area (Å²) in [6, 6.07) is 27.3. The number of nitrogens with zero attached hydrogens (tertiary/aromatic N) is 3. The third-order valence-electron chi connectivity index (χ3n) is 5.16. The number of aromatic nitrogens is 1. The Labute approximate surface area is 181 Å². The molecule has 0 atom stereocenters. The average molecular weight is 410 g/mol. The molecular weight excluding hydrogens is 386 g/mol. The molecule has 3 aromatic carbocycles. The molecule has 0 fully saturated rings. The lowest BCUT2D eigenvalue weighted by Crippen LogP contribution is -2.22. The van der Waals surface area contributed by atoms with Gasteiger partial charge in [-0.15, -0.1) is 11.3 Å². The fourth-order valence-corrected chi connectivity index (χ4v) is 4.33. The minimum Gasteiger partial charge on any atom is -0.290 e. The molecule has 0 spiro atoms. The Morgan fingerprint density at radius 1 is 0.867 bits per heavy atom. The normalized spacial score (nSPS) is 10.8. The maximum absolute atomic E-state index is 9.64. The molecule has 0 aliphatic rings. The fraction of sp³-hybridized carbons (Fsp3) is 0.154. The highest BCUT2D eigenvalue weighted by Gasteiger charge is 2.13. The molecule has 1 aromatic heterocycles. The number of nitriles is 1. The van der Waals surface area contributed by atoms with Gasteiger partial charge < -0.3 is 0 Å². The smallest absolute Gasteiger partial charge is 0.0998 e. The predicted octanol–water partition coefficient (Wildman–Crippen LogP) is 6.19. The number of benzene rings is 3. The van der Waals surface area contributed by atoms with Crippen LogP contribution in [0.5, 0.6) is 0 Å². The number of hydrogen-bond donors (Lipinski definition) is 0. The molecular formula is C26H23N3S. The molecule has 0 saturated heterocycles. The highest BCUT2D eigenvalue weighted by Crippen LogP contribution is 2.28. The van der Waals surface area contributed by atoms with Gasteiger partial charge in [0.05, 0.1) is 17.1 Å². The first-order chi connectivity index (χ1) is 14.7. The van der Waals surface area contributed by atoms with Crippen LogP contribution in [0.4, 0.5) is 0 Å². The van der Waals surface area contributed by atoms with Gasteiger partial charge in [-0.05, 0) is 41.3 Å². The van der Waals surface area contributed by atoms with E-state index >= 15 is 0 Å². The van der Waals surface area contributed by atoms with Gasteiger partial charge in [0.1, 0.15) is 0 Å². The van der Waals surface area contributed by atoms with Crippen molar-refractivity contribution in [3.05, 3.63) is 112 Å². The Hall–Kier alpha value is -3.26. The lowest BCUT2D eigenvalue weighted by Gasteiger charge is -2.22. The van der Waals surface area contributed by atoms with E-state index in [2.05, 4.69) is 71.4 Å². The summed E-state index contributed by atoms with van der Waals surface area (Å²) in [6.45, 7) is 4.60. The van der Waals surface area contributed by atoms with Gasteiger partial charge in [0.25, 0.3) is 0 Å². The molecule has 0 bridgehead atoms. The molecule has 0 amide bonds. The van der Waals surface area contributed by atoms with Crippen molar-refractivity contribution in [3.63, 3.8) is 0 Å². The second-order valence-electron chi connectivity index (χ2n) is 7.41. The first kappa shape index (κ1) is 20.0. The van der Waals surface area contributed by atoms with Gasteiger partial charge in [0.15, 0.2) is 0 Å². The largest absolute Gasteiger partial charge is 0.290 e. The van der Waals surface area contributed by atoms with E-state index < -0.39 is 0 Å². The van der Waals surface area contributed by atoms with E-state index in [9.17, 15) is 5.26 Å². The van der Waals surface area contributed by atoms with Crippen molar-refractivity contribution in [2.45, 2.75) is 26.6 Å².